The molecule has 20 heavy (non-hydrogen) atoms. The molecule has 0 aliphatic heterocycles. The molecule has 1 aromatic carbocycles. The molecule has 0 unspecified atom stereocenters. The number of rotatable bonds is 5. The molecule has 1 rings (SSSR count). The van der Waals surface area contributed by atoms with Crippen molar-refractivity contribution in [3.63, 3.8) is 0 Å². The van der Waals surface area contributed by atoms with Crippen molar-refractivity contribution in [1.29, 1.82) is 0 Å². The molecule has 5 nitrogen and oxygen atoms in total. The maximum atomic E-state index is 13.1. The van der Waals surface area contributed by atoms with Gasteiger partial charge >= 0.3 is 5.97 Å². The number of carbonyl (C=O) groups is 1. The lowest BCUT2D eigenvalue weighted by atomic mass is 10.3. The lowest BCUT2D eigenvalue weighted by Gasteiger charge is -2.22. The van der Waals surface area contributed by atoms with Gasteiger partial charge in [-0.25, -0.2) is 12.8 Å². The molecule has 0 amide bonds. The highest BCUT2D eigenvalue weighted by Gasteiger charge is 2.22. The van der Waals surface area contributed by atoms with Gasteiger partial charge in [0.1, 0.15) is 12.4 Å². The molecule has 0 aliphatic carbocycles. The van der Waals surface area contributed by atoms with Crippen molar-refractivity contribution >= 4 is 33.3 Å². The first-order chi connectivity index (χ1) is 9.11. The summed E-state index contributed by atoms with van der Waals surface area (Å²) in [6.07, 6.45) is 0.577. The quantitative estimate of drug-likeness (QED) is 0.779. The van der Waals surface area contributed by atoms with Gasteiger partial charge in [-0.05, 0) is 32.0 Å². The van der Waals surface area contributed by atoms with Crippen molar-refractivity contribution in [2.45, 2.75) is 20.0 Å². The molecule has 0 saturated heterocycles. The van der Waals surface area contributed by atoms with Gasteiger partial charge in [0.15, 0.2) is 0 Å². The number of sulfonamides is 1. The second-order valence-corrected chi connectivity index (χ2v) is 6.72. The van der Waals surface area contributed by atoms with Crippen LogP contribution in [0.15, 0.2) is 18.2 Å². The van der Waals surface area contributed by atoms with Crippen LogP contribution in [0.1, 0.15) is 13.8 Å². The van der Waals surface area contributed by atoms with E-state index in [0.717, 1.165) is 22.7 Å². The molecule has 1 aromatic rings. The lowest BCUT2D eigenvalue weighted by Crippen LogP contribution is -2.36. The van der Waals surface area contributed by atoms with Crippen LogP contribution < -0.4 is 4.31 Å². The van der Waals surface area contributed by atoms with E-state index in [1.807, 2.05) is 0 Å². The topological polar surface area (TPSA) is 63.7 Å². The van der Waals surface area contributed by atoms with Gasteiger partial charge in [0.05, 0.1) is 23.1 Å². The molecule has 0 aliphatic rings. The van der Waals surface area contributed by atoms with Crippen molar-refractivity contribution in [2.24, 2.45) is 0 Å². The summed E-state index contributed by atoms with van der Waals surface area (Å²) in [4.78, 5) is 11.6. The fraction of sp³-hybridized carbons (Fsp3) is 0.417. The van der Waals surface area contributed by atoms with Crippen molar-refractivity contribution < 1.29 is 22.3 Å². The third-order valence-electron chi connectivity index (χ3n) is 2.23. The zero-order valence-corrected chi connectivity index (χ0v) is 12.8. The van der Waals surface area contributed by atoms with E-state index in [9.17, 15) is 17.6 Å². The predicted octanol–water partition coefficient (Wildman–Crippen LogP) is 2.20. The monoisotopic (exact) mass is 323 g/mol. The van der Waals surface area contributed by atoms with Gasteiger partial charge in [-0.15, -0.1) is 0 Å². The number of benzene rings is 1. The number of nitrogens with zero attached hydrogens (tertiary/aromatic N) is 1. The Morgan fingerprint density at radius 3 is 2.50 bits per heavy atom. The van der Waals surface area contributed by atoms with E-state index in [2.05, 4.69) is 0 Å². The molecule has 0 aromatic heterocycles. The minimum atomic E-state index is -3.73. The fourth-order valence-corrected chi connectivity index (χ4v) is 2.47. The van der Waals surface area contributed by atoms with Crippen LogP contribution in [0.3, 0.4) is 0 Å². The molecule has 0 radical (unpaired) electrons. The zero-order valence-electron chi connectivity index (χ0n) is 11.3. The van der Waals surface area contributed by atoms with Crippen LogP contribution in [0, 0.1) is 5.82 Å². The molecule has 0 atom stereocenters. The summed E-state index contributed by atoms with van der Waals surface area (Å²) in [6.45, 7) is 2.80. The van der Waals surface area contributed by atoms with Crippen LogP contribution in [0.5, 0.6) is 0 Å². The van der Waals surface area contributed by atoms with Gasteiger partial charge in [0, 0.05) is 0 Å². The third kappa shape index (κ3) is 4.64. The highest BCUT2D eigenvalue weighted by molar-refractivity contribution is 7.92. The average Bonchev–Trinajstić information content (AvgIpc) is 2.27. The summed E-state index contributed by atoms with van der Waals surface area (Å²) in [7, 11) is -3.73. The maximum Gasteiger partial charge on any atom is 0.327 e. The Labute approximate surface area is 122 Å². The van der Waals surface area contributed by atoms with Gasteiger partial charge in [-0.2, -0.15) is 0 Å². The van der Waals surface area contributed by atoms with E-state index in [1.54, 1.807) is 13.8 Å². The van der Waals surface area contributed by atoms with Gasteiger partial charge in [0.2, 0.25) is 10.0 Å². The summed E-state index contributed by atoms with van der Waals surface area (Å²) < 4.78 is 42.3. The van der Waals surface area contributed by atoms with Gasteiger partial charge in [-0.1, -0.05) is 11.6 Å². The lowest BCUT2D eigenvalue weighted by molar-refractivity contribution is -0.145. The first-order valence-electron chi connectivity index (χ1n) is 5.73. The highest BCUT2D eigenvalue weighted by atomic mass is 35.5. The van der Waals surface area contributed by atoms with E-state index < -0.39 is 28.4 Å². The molecular formula is C12H15ClFNO4S. The molecule has 8 heteroatoms. The summed E-state index contributed by atoms with van der Waals surface area (Å²) in [5, 5.41) is -0.228. The maximum absolute atomic E-state index is 13.1. The first kappa shape index (κ1) is 16.7. The number of esters is 1. The average molecular weight is 324 g/mol. The van der Waals surface area contributed by atoms with Crippen molar-refractivity contribution in [1.82, 2.24) is 0 Å². The normalized spacial score (nSPS) is 11.5. The van der Waals surface area contributed by atoms with Crippen molar-refractivity contribution in [3.8, 4) is 0 Å². The van der Waals surface area contributed by atoms with Crippen LogP contribution in [-0.4, -0.2) is 33.3 Å². The minimum absolute atomic E-state index is 0.0969. The smallest absolute Gasteiger partial charge is 0.327 e. The number of anilines is 1. The summed E-state index contributed by atoms with van der Waals surface area (Å²) in [5.74, 6) is -1.38. The summed E-state index contributed by atoms with van der Waals surface area (Å²) >= 11 is 5.62. The second kappa shape index (κ2) is 6.41. The number of ether oxygens (including phenoxy) is 1. The standard InChI is InChI=1S/C12H15ClFNO4S/c1-8(2)19-12(16)7-15(20(3,17)18)9-4-5-11(14)10(13)6-9/h4-6,8H,7H2,1-3H3. The Hall–Kier alpha value is -1.34. The molecule has 0 fully saturated rings. The van der Waals surface area contributed by atoms with E-state index in [0.29, 0.717) is 0 Å². The van der Waals surface area contributed by atoms with Crippen LogP contribution in [0.2, 0.25) is 5.02 Å². The summed E-state index contributed by atoms with van der Waals surface area (Å²) in [5.41, 5.74) is 0.0969. The second-order valence-electron chi connectivity index (χ2n) is 4.41. The van der Waals surface area contributed by atoms with Crippen LogP contribution in [0.4, 0.5) is 10.1 Å². The Morgan fingerprint density at radius 2 is 2.05 bits per heavy atom. The minimum Gasteiger partial charge on any atom is -0.462 e. The Kier molecular flexibility index (Phi) is 5.35. The molecular weight excluding hydrogens is 309 g/mol. The molecule has 0 N–H and O–H groups in total. The number of hydrogen-bond donors (Lipinski definition) is 0. The van der Waals surface area contributed by atoms with E-state index in [-0.39, 0.29) is 16.8 Å². The molecule has 0 bridgehead atoms. The Bertz CT molecular complexity index is 603. The Morgan fingerprint density at radius 1 is 1.45 bits per heavy atom. The van der Waals surface area contributed by atoms with Gasteiger partial charge < -0.3 is 4.74 Å². The van der Waals surface area contributed by atoms with Gasteiger partial charge in [-0.3, -0.25) is 9.10 Å². The number of carbonyl (C=O) groups excluding carboxylic acids is 1. The predicted molar refractivity (Wildman–Crippen MR) is 74.8 cm³/mol. The Balaban J connectivity index is 3.08. The molecule has 0 heterocycles. The number of hydrogen-bond acceptors (Lipinski definition) is 4. The van der Waals surface area contributed by atoms with Crippen LogP contribution >= 0.6 is 11.6 Å². The first-order valence-corrected chi connectivity index (χ1v) is 7.96. The van der Waals surface area contributed by atoms with E-state index in [1.165, 1.54) is 6.07 Å². The largest absolute Gasteiger partial charge is 0.462 e. The van der Waals surface area contributed by atoms with E-state index in [4.69, 9.17) is 16.3 Å². The van der Waals surface area contributed by atoms with E-state index >= 15 is 0 Å². The fourth-order valence-electron chi connectivity index (χ4n) is 1.46. The van der Waals surface area contributed by atoms with Crippen molar-refractivity contribution in [3.05, 3.63) is 29.0 Å². The third-order valence-corrected chi connectivity index (χ3v) is 3.66. The highest BCUT2D eigenvalue weighted by Crippen LogP contribution is 2.24. The van der Waals surface area contributed by atoms with Crippen molar-refractivity contribution in [2.75, 3.05) is 17.1 Å². The van der Waals surface area contributed by atoms with Gasteiger partial charge in [0.25, 0.3) is 0 Å². The SMILES string of the molecule is CC(C)OC(=O)CN(c1ccc(F)c(Cl)c1)S(C)(=O)=O. The van der Waals surface area contributed by atoms with Crippen LogP contribution in [0.25, 0.3) is 0 Å². The van der Waals surface area contributed by atoms with Crippen LogP contribution in [-0.2, 0) is 19.6 Å². The molecule has 0 saturated carbocycles. The molecule has 112 valence electrons. The number of halogens is 2. The molecule has 0 spiro atoms. The summed E-state index contributed by atoms with van der Waals surface area (Å²) in [6, 6.07) is 3.40. The zero-order chi connectivity index (χ0) is 15.5.